The van der Waals surface area contributed by atoms with Crippen LogP contribution in [-0.4, -0.2) is 11.4 Å². The Morgan fingerprint density at radius 3 is 2.92 bits per heavy atom. The first-order valence-electron chi connectivity index (χ1n) is 3.86. The number of hydrogen-bond acceptors (Lipinski definition) is 3. The highest BCUT2D eigenvalue weighted by Gasteiger charge is 2.00. The Labute approximate surface area is 75.0 Å². The second kappa shape index (κ2) is 3.23. The zero-order valence-corrected chi connectivity index (χ0v) is 6.81. The van der Waals surface area contributed by atoms with Crippen LogP contribution in [0.5, 0.6) is 0 Å². The van der Waals surface area contributed by atoms with E-state index in [4.69, 9.17) is 4.52 Å². The molecule has 0 saturated carbocycles. The molecule has 13 heavy (non-hydrogen) atoms. The van der Waals surface area contributed by atoms with Crippen LogP contribution >= 0.6 is 0 Å². The first-order chi connectivity index (χ1) is 6.40. The summed E-state index contributed by atoms with van der Waals surface area (Å²) in [5.74, 6) is 0. The standard InChI is InChI=1S/C10H7NO2/c12-7-8-2-1-3-9(6-8)10-4-5-13-11-10/h1-7H. The van der Waals surface area contributed by atoms with E-state index in [-0.39, 0.29) is 0 Å². The number of rotatable bonds is 2. The Kier molecular flexibility index (Phi) is 1.92. The van der Waals surface area contributed by atoms with Crippen LogP contribution in [-0.2, 0) is 0 Å². The lowest BCUT2D eigenvalue weighted by Gasteiger charge is -1.95. The summed E-state index contributed by atoms with van der Waals surface area (Å²) >= 11 is 0. The van der Waals surface area contributed by atoms with E-state index in [0.717, 1.165) is 17.5 Å². The van der Waals surface area contributed by atoms with Crippen molar-refractivity contribution in [2.24, 2.45) is 0 Å². The Bertz CT molecular complexity index is 407. The smallest absolute Gasteiger partial charge is 0.150 e. The van der Waals surface area contributed by atoms with E-state index in [2.05, 4.69) is 5.16 Å². The van der Waals surface area contributed by atoms with Crippen molar-refractivity contribution in [1.29, 1.82) is 0 Å². The lowest BCUT2D eigenvalue weighted by molar-refractivity contribution is 0.112. The Balaban J connectivity index is 2.47. The quantitative estimate of drug-likeness (QED) is 0.653. The highest BCUT2D eigenvalue weighted by Crippen LogP contribution is 2.17. The molecule has 1 heterocycles. The van der Waals surface area contributed by atoms with Crippen molar-refractivity contribution in [3.05, 3.63) is 42.2 Å². The van der Waals surface area contributed by atoms with E-state index in [9.17, 15) is 4.79 Å². The third-order valence-electron chi connectivity index (χ3n) is 1.76. The van der Waals surface area contributed by atoms with Gasteiger partial charge < -0.3 is 4.52 Å². The van der Waals surface area contributed by atoms with Crippen LogP contribution in [0.4, 0.5) is 0 Å². The maximum absolute atomic E-state index is 10.5. The molecule has 1 aromatic heterocycles. The fraction of sp³-hybridized carbons (Fsp3) is 0. The minimum Gasteiger partial charge on any atom is -0.364 e. The molecule has 0 unspecified atom stereocenters. The minimum atomic E-state index is 0.639. The monoisotopic (exact) mass is 173 g/mol. The molecule has 0 aliphatic carbocycles. The van der Waals surface area contributed by atoms with Crippen LogP contribution in [0.1, 0.15) is 10.4 Å². The van der Waals surface area contributed by atoms with Gasteiger partial charge in [0, 0.05) is 17.2 Å². The number of benzene rings is 1. The number of aromatic nitrogens is 1. The molecule has 3 nitrogen and oxygen atoms in total. The lowest BCUT2D eigenvalue weighted by Crippen LogP contribution is -1.81. The zero-order chi connectivity index (χ0) is 9.10. The summed E-state index contributed by atoms with van der Waals surface area (Å²) < 4.78 is 4.70. The second-order valence-electron chi connectivity index (χ2n) is 2.63. The van der Waals surface area contributed by atoms with E-state index in [1.165, 1.54) is 6.26 Å². The average Bonchev–Trinajstić information content (AvgIpc) is 2.71. The minimum absolute atomic E-state index is 0.639. The maximum atomic E-state index is 10.5. The number of hydrogen-bond donors (Lipinski definition) is 0. The van der Waals surface area contributed by atoms with Gasteiger partial charge in [0.05, 0.1) is 0 Å². The Morgan fingerprint density at radius 1 is 1.31 bits per heavy atom. The molecule has 0 N–H and O–H groups in total. The van der Waals surface area contributed by atoms with Crippen molar-refractivity contribution in [3.8, 4) is 11.3 Å². The molecule has 2 aromatic rings. The Morgan fingerprint density at radius 2 is 2.23 bits per heavy atom. The van der Waals surface area contributed by atoms with Crippen molar-refractivity contribution >= 4 is 6.29 Å². The van der Waals surface area contributed by atoms with Crippen LogP contribution in [0.15, 0.2) is 41.1 Å². The second-order valence-corrected chi connectivity index (χ2v) is 2.63. The fourth-order valence-corrected chi connectivity index (χ4v) is 1.13. The molecule has 0 atom stereocenters. The van der Waals surface area contributed by atoms with Gasteiger partial charge in [0.1, 0.15) is 18.2 Å². The van der Waals surface area contributed by atoms with E-state index in [1.807, 2.05) is 12.1 Å². The summed E-state index contributed by atoms with van der Waals surface area (Å²) in [4.78, 5) is 10.5. The molecule has 0 aliphatic rings. The molecule has 0 spiro atoms. The molecule has 1 aromatic carbocycles. The average molecular weight is 173 g/mol. The predicted molar refractivity (Wildman–Crippen MR) is 47.3 cm³/mol. The van der Waals surface area contributed by atoms with Gasteiger partial charge in [-0.3, -0.25) is 4.79 Å². The van der Waals surface area contributed by atoms with Gasteiger partial charge in [0.25, 0.3) is 0 Å². The van der Waals surface area contributed by atoms with E-state index >= 15 is 0 Å². The van der Waals surface area contributed by atoms with Crippen molar-refractivity contribution in [2.75, 3.05) is 0 Å². The number of carbonyl (C=O) groups is 1. The van der Waals surface area contributed by atoms with Crippen LogP contribution in [0, 0.1) is 0 Å². The molecule has 64 valence electrons. The van der Waals surface area contributed by atoms with Crippen molar-refractivity contribution < 1.29 is 9.32 Å². The molecule has 0 saturated heterocycles. The number of carbonyl (C=O) groups excluding carboxylic acids is 1. The van der Waals surface area contributed by atoms with E-state index in [0.29, 0.717) is 5.56 Å². The largest absolute Gasteiger partial charge is 0.364 e. The normalized spacial score (nSPS) is 9.85. The van der Waals surface area contributed by atoms with Gasteiger partial charge >= 0.3 is 0 Å². The number of aldehydes is 1. The first-order valence-corrected chi connectivity index (χ1v) is 3.86. The van der Waals surface area contributed by atoms with Gasteiger partial charge in [-0.2, -0.15) is 0 Å². The van der Waals surface area contributed by atoms with Crippen LogP contribution in [0.2, 0.25) is 0 Å². The van der Waals surface area contributed by atoms with Gasteiger partial charge in [-0.25, -0.2) is 0 Å². The fourth-order valence-electron chi connectivity index (χ4n) is 1.13. The van der Waals surface area contributed by atoms with Gasteiger partial charge in [-0.05, 0) is 6.07 Å². The Hall–Kier alpha value is -1.90. The molecule has 0 fully saturated rings. The van der Waals surface area contributed by atoms with Crippen LogP contribution < -0.4 is 0 Å². The predicted octanol–water partition coefficient (Wildman–Crippen LogP) is 2.15. The SMILES string of the molecule is O=Cc1cccc(-c2ccon2)c1. The topological polar surface area (TPSA) is 43.1 Å². The molecule has 0 radical (unpaired) electrons. The molecule has 0 amide bonds. The van der Waals surface area contributed by atoms with Gasteiger partial charge in [0.2, 0.25) is 0 Å². The lowest BCUT2D eigenvalue weighted by atomic mass is 10.1. The summed E-state index contributed by atoms with van der Waals surface area (Å²) in [5, 5.41) is 3.77. The van der Waals surface area contributed by atoms with Crippen molar-refractivity contribution in [3.63, 3.8) is 0 Å². The summed E-state index contributed by atoms with van der Waals surface area (Å²) in [7, 11) is 0. The summed E-state index contributed by atoms with van der Waals surface area (Å²) in [5.41, 5.74) is 2.27. The number of nitrogens with zero attached hydrogens (tertiary/aromatic N) is 1. The zero-order valence-electron chi connectivity index (χ0n) is 6.81. The van der Waals surface area contributed by atoms with Crippen molar-refractivity contribution in [2.45, 2.75) is 0 Å². The van der Waals surface area contributed by atoms with Gasteiger partial charge in [0.15, 0.2) is 0 Å². The third kappa shape index (κ3) is 1.49. The molecule has 2 rings (SSSR count). The summed E-state index contributed by atoms with van der Waals surface area (Å²) in [6.45, 7) is 0. The molecular weight excluding hydrogens is 166 g/mol. The highest BCUT2D eigenvalue weighted by molar-refractivity contribution is 5.78. The van der Waals surface area contributed by atoms with Gasteiger partial charge in [-0.1, -0.05) is 23.4 Å². The van der Waals surface area contributed by atoms with Crippen molar-refractivity contribution in [1.82, 2.24) is 5.16 Å². The van der Waals surface area contributed by atoms with Crippen LogP contribution in [0.3, 0.4) is 0 Å². The van der Waals surface area contributed by atoms with E-state index in [1.54, 1.807) is 18.2 Å². The summed E-state index contributed by atoms with van der Waals surface area (Å²) in [6, 6.07) is 8.96. The maximum Gasteiger partial charge on any atom is 0.150 e. The molecule has 0 bridgehead atoms. The third-order valence-corrected chi connectivity index (χ3v) is 1.76. The van der Waals surface area contributed by atoms with E-state index < -0.39 is 0 Å². The molecule has 3 heteroatoms. The van der Waals surface area contributed by atoms with Gasteiger partial charge in [-0.15, -0.1) is 0 Å². The summed E-state index contributed by atoms with van der Waals surface area (Å²) in [6.07, 6.45) is 2.31. The molecule has 0 aliphatic heterocycles. The highest BCUT2D eigenvalue weighted by atomic mass is 16.5. The van der Waals surface area contributed by atoms with Crippen LogP contribution in [0.25, 0.3) is 11.3 Å². The first kappa shape index (κ1) is 7.73. The molecular formula is C10H7NO2.